The first-order valence-electron chi connectivity index (χ1n) is 9.15. The minimum Gasteiger partial charge on any atom is -0.478 e. The highest BCUT2D eigenvalue weighted by Gasteiger charge is 2.29. The summed E-state index contributed by atoms with van der Waals surface area (Å²) >= 11 is 19.2. The van der Waals surface area contributed by atoms with Crippen LogP contribution < -0.4 is 4.90 Å². The van der Waals surface area contributed by atoms with Gasteiger partial charge in [0.15, 0.2) is 5.82 Å². The van der Waals surface area contributed by atoms with E-state index in [4.69, 9.17) is 23.2 Å². The monoisotopic (exact) mass is 588 g/mol. The van der Waals surface area contributed by atoms with Gasteiger partial charge in [0.25, 0.3) is 5.91 Å². The second-order valence-corrected chi connectivity index (χ2v) is 9.01. The maximum Gasteiger partial charge on any atom is 0.337 e. The summed E-state index contributed by atoms with van der Waals surface area (Å²) in [7, 11) is 0. The Balaban J connectivity index is 2.19. The van der Waals surface area contributed by atoms with Crippen molar-refractivity contribution in [3.63, 3.8) is 0 Å². The molecule has 11 heteroatoms. The van der Waals surface area contributed by atoms with Crippen molar-refractivity contribution < 1.29 is 14.7 Å². The van der Waals surface area contributed by atoms with Crippen LogP contribution in [0.3, 0.4) is 0 Å². The van der Waals surface area contributed by atoms with Crippen LogP contribution in [0.2, 0.25) is 10.0 Å². The highest BCUT2D eigenvalue weighted by molar-refractivity contribution is 9.10. The van der Waals surface area contributed by atoms with Crippen molar-refractivity contribution in [2.24, 2.45) is 0 Å². The van der Waals surface area contributed by atoms with E-state index in [2.05, 4.69) is 41.9 Å². The van der Waals surface area contributed by atoms with Crippen molar-refractivity contribution in [3.05, 3.63) is 66.9 Å². The lowest BCUT2D eigenvalue weighted by molar-refractivity contribution is 0.0697. The smallest absolute Gasteiger partial charge is 0.337 e. The molecule has 0 aliphatic carbocycles. The first-order chi connectivity index (χ1) is 14.7. The fourth-order valence-electron chi connectivity index (χ4n) is 2.97. The maximum atomic E-state index is 13.7. The predicted molar refractivity (Wildman–Crippen MR) is 127 cm³/mol. The van der Waals surface area contributed by atoms with Crippen LogP contribution in [0.15, 0.2) is 45.6 Å². The molecule has 0 aliphatic heterocycles. The molecule has 7 nitrogen and oxygen atoms in total. The third-order valence-electron chi connectivity index (χ3n) is 4.35. The van der Waals surface area contributed by atoms with E-state index in [1.54, 1.807) is 18.2 Å². The number of amides is 1. The highest BCUT2D eigenvalue weighted by atomic mass is 79.9. The summed E-state index contributed by atoms with van der Waals surface area (Å²) in [6.45, 7) is 2.23. The van der Waals surface area contributed by atoms with Gasteiger partial charge in [-0.05, 0) is 46.6 Å². The fraction of sp³-hybridized carbons (Fsp3) is 0.200. The molecule has 2 heterocycles. The van der Waals surface area contributed by atoms with Crippen molar-refractivity contribution in [1.29, 1.82) is 0 Å². The van der Waals surface area contributed by atoms with E-state index in [0.29, 0.717) is 20.5 Å². The Morgan fingerprint density at radius 1 is 1.19 bits per heavy atom. The van der Waals surface area contributed by atoms with Crippen LogP contribution in [-0.4, -0.2) is 38.3 Å². The molecule has 0 radical (unpaired) electrons. The molecule has 162 valence electrons. The molecule has 0 saturated carbocycles. The first kappa shape index (κ1) is 23.7. The van der Waals surface area contributed by atoms with E-state index in [-0.39, 0.29) is 34.3 Å². The molecule has 0 spiro atoms. The lowest BCUT2D eigenvalue weighted by Crippen LogP contribution is -2.35. The molecule has 1 N–H and O–H groups in total. The Morgan fingerprint density at radius 3 is 2.58 bits per heavy atom. The Morgan fingerprint density at radius 2 is 1.94 bits per heavy atom. The molecule has 0 saturated heterocycles. The number of aromatic carboxylic acids is 1. The highest BCUT2D eigenvalue weighted by Crippen LogP contribution is 2.35. The van der Waals surface area contributed by atoms with Gasteiger partial charge in [-0.2, -0.15) is 5.10 Å². The van der Waals surface area contributed by atoms with Crippen molar-refractivity contribution in [1.82, 2.24) is 14.8 Å². The third-order valence-corrected chi connectivity index (χ3v) is 5.78. The number of unbranched alkanes of at least 4 members (excludes halogenated alkanes) is 1. The molecular formula is C20H16Br2Cl2N4O3. The average molecular weight is 591 g/mol. The summed E-state index contributed by atoms with van der Waals surface area (Å²) in [5, 5.41) is 14.5. The van der Waals surface area contributed by atoms with Gasteiger partial charge in [-0.1, -0.05) is 52.5 Å². The number of benzene rings is 1. The zero-order valence-electron chi connectivity index (χ0n) is 16.1. The number of carbonyl (C=O) groups is 2. The quantitative estimate of drug-likeness (QED) is 0.352. The largest absolute Gasteiger partial charge is 0.478 e. The van der Waals surface area contributed by atoms with Crippen LogP contribution >= 0.6 is 55.1 Å². The van der Waals surface area contributed by atoms with Crippen LogP contribution in [0, 0.1) is 0 Å². The van der Waals surface area contributed by atoms with E-state index < -0.39 is 11.9 Å². The van der Waals surface area contributed by atoms with Gasteiger partial charge in [0.05, 0.1) is 21.3 Å². The number of carboxylic acids is 1. The zero-order chi connectivity index (χ0) is 22.7. The van der Waals surface area contributed by atoms with Gasteiger partial charge >= 0.3 is 5.97 Å². The van der Waals surface area contributed by atoms with E-state index in [1.165, 1.54) is 27.9 Å². The molecule has 3 rings (SSSR count). The van der Waals surface area contributed by atoms with Gasteiger partial charge in [0.1, 0.15) is 10.3 Å². The lowest BCUT2D eigenvalue weighted by Gasteiger charge is -2.26. The molecule has 3 aromatic rings. The summed E-state index contributed by atoms with van der Waals surface area (Å²) in [6.07, 6.45) is 2.96. The summed E-state index contributed by atoms with van der Waals surface area (Å²) in [5.74, 6) is -1.41. The van der Waals surface area contributed by atoms with E-state index in [9.17, 15) is 14.7 Å². The zero-order valence-corrected chi connectivity index (χ0v) is 20.8. The second kappa shape index (κ2) is 10.1. The summed E-state index contributed by atoms with van der Waals surface area (Å²) in [5.41, 5.74) is 0.176. The van der Waals surface area contributed by atoms with Gasteiger partial charge in [0, 0.05) is 23.3 Å². The van der Waals surface area contributed by atoms with Gasteiger partial charge in [-0.15, -0.1) is 0 Å². The summed E-state index contributed by atoms with van der Waals surface area (Å²) in [4.78, 5) is 31.2. The number of aromatic nitrogens is 3. The second-order valence-electron chi connectivity index (χ2n) is 6.47. The Labute approximate surface area is 205 Å². The number of hydrogen-bond acceptors (Lipinski definition) is 4. The fourth-order valence-corrected chi connectivity index (χ4v) is 4.46. The minimum absolute atomic E-state index is 0.0928. The SMILES string of the molecule is CCCCN(C(=O)c1cc(Br)nn1-c1ncccc1Cl)c1c(Cl)cc(Br)cc1C(=O)O. The molecule has 31 heavy (non-hydrogen) atoms. The molecule has 2 aromatic heterocycles. The molecule has 0 bridgehead atoms. The van der Waals surface area contributed by atoms with Crippen molar-refractivity contribution >= 4 is 72.6 Å². The molecule has 0 unspecified atom stereocenters. The molecule has 1 aromatic carbocycles. The number of pyridine rings is 1. The van der Waals surface area contributed by atoms with Gasteiger partial charge in [-0.3, -0.25) is 4.79 Å². The number of carboxylic acid groups (broad SMARTS) is 1. The molecule has 1 amide bonds. The minimum atomic E-state index is -1.20. The topological polar surface area (TPSA) is 88.3 Å². The van der Waals surface area contributed by atoms with Gasteiger partial charge in [-0.25, -0.2) is 14.5 Å². The number of nitrogens with zero attached hydrogens (tertiary/aromatic N) is 4. The van der Waals surface area contributed by atoms with Crippen LogP contribution in [-0.2, 0) is 0 Å². The van der Waals surface area contributed by atoms with Gasteiger partial charge < -0.3 is 10.0 Å². The summed E-state index contributed by atoms with van der Waals surface area (Å²) in [6, 6.07) is 7.80. The van der Waals surface area contributed by atoms with E-state index in [0.717, 1.165) is 6.42 Å². The number of carbonyl (C=O) groups excluding carboxylic acids is 1. The molecule has 0 atom stereocenters. The van der Waals surface area contributed by atoms with Crippen LogP contribution in [0.4, 0.5) is 5.69 Å². The third kappa shape index (κ3) is 5.11. The van der Waals surface area contributed by atoms with Crippen molar-refractivity contribution in [3.8, 4) is 5.82 Å². The van der Waals surface area contributed by atoms with E-state index >= 15 is 0 Å². The number of hydrogen-bond donors (Lipinski definition) is 1. The predicted octanol–water partition coefficient (Wildman–Crippen LogP) is 6.24. The normalized spacial score (nSPS) is 10.9. The number of halogens is 4. The van der Waals surface area contributed by atoms with Crippen LogP contribution in [0.5, 0.6) is 0 Å². The molecule has 0 aliphatic rings. The number of rotatable bonds is 7. The van der Waals surface area contributed by atoms with Crippen molar-refractivity contribution in [2.75, 3.05) is 11.4 Å². The van der Waals surface area contributed by atoms with Gasteiger partial charge in [0.2, 0.25) is 0 Å². The average Bonchev–Trinajstić information content (AvgIpc) is 3.10. The lowest BCUT2D eigenvalue weighted by atomic mass is 10.1. The molecule has 0 fully saturated rings. The van der Waals surface area contributed by atoms with E-state index in [1.807, 2.05) is 6.92 Å². The Kier molecular flexibility index (Phi) is 7.74. The first-order valence-corrected chi connectivity index (χ1v) is 11.5. The Bertz CT molecular complexity index is 1150. The van der Waals surface area contributed by atoms with Crippen molar-refractivity contribution in [2.45, 2.75) is 19.8 Å². The molecular weight excluding hydrogens is 575 g/mol. The summed E-state index contributed by atoms with van der Waals surface area (Å²) < 4.78 is 2.21. The van der Waals surface area contributed by atoms with Crippen LogP contribution in [0.25, 0.3) is 5.82 Å². The number of anilines is 1. The van der Waals surface area contributed by atoms with Crippen LogP contribution in [0.1, 0.15) is 40.6 Å². The Hall–Kier alpha value is -1.94. The standard InChI is InChI=1S/C20H16Br2Cl2N4O3/c1-2-3-7-27(17-12(20(30)31)8-11(21)9-14(17)24)19(29)15-10-16(22)26-28(15)18-13(23)5-4-6-25-18/h4-6,8-10H,2-3,7H2,1H3,(H,30,31). The maximum absolute atomic E-state index is 13.7.